The van der Waals surface area contributed by atoms with Crippen LogP contribution in [-0.4, -0.2) is 44.2 Å². The zero-order chi connectivity index (χ0) is 14.7. The minimum absolute atomic E-state index is 0.0599. The monoisotopic (exact) mass is 278 g/mol. The third-order valence-corrected chi connectivity index (χ3v) is 3.38. The van der Waals surface area contributed by atoms with E-state index in [1.807, 2.05) is 32.0 Å². The van der Waals surface area contributed by atoms with Crippen molar-refractivity contribution < 1.29 is 14.3 Å². The summed E-state index contributed by atoms with van der Waals surface area (Å²) < 4.78 is 11.1. The van der Waals surface area contributed by atoms with E-state index in [-0.39, 0.29) is 18.0 Å². The Bertz CT molecular complexity index is 488. The van der Waals surface area contributed by atoms with E-state index in [1.54, 1.807) is 19.0 Å². The molecule has 1 aliphatic heterocycles. The summed E-state index contributed by atoms with van der Waals surface area (Å²) >= 11 is 0. The smallest absolute Gasteiger partial charge is 0.238 e. The fourth-order valence-corrected chi connectivity index (χ4v) is 2.26. The van der Waals surface area contributed by atoms with Gasteiger partial charge in [0.15, 0.2) is 11.5 Å². The Morgan fingerprint density at radius 2 is 1.85 bits per heavy atom. The molecule has 0 spiro atoms. The first-order valence-electron chi connectivity index (χ1n) is 6.86. The molecule has 1 amide bonds. The van der Waals surface area contributed by atoms with E-state index >= 15 is 0 Å². The highest BCUT2D eigenvalue weighted by Crippen LogP contribution is 2.32. The van der Waals surface area contributed by atoms with E-state index < -0.39 is 0 Å². The average Bonchev–Trinajstić information content (AvgIpc) is 2.45. The Morgan fingerprint density at radius 1 is 1.20 bits per heavy atom. The molecule has 0 bridgehead atoms. The zero-order valence-corrected chi connectivity index (χ0v) is 12.5. The Balaban J connectivity index is 2.05. The second-order valence-electron chi connectivity index (χ2n) is 5.25. The lowest BCUT2D eigenvalue weighted by atomic mass is 10.1. The first-order chi connectivity index (χ1) is 9.49. The van der Waals surface area contributed by atoms with Gasteiger partial charge in [0.2, 0.25) is 5.91 Å². The topological polar surface area (TPSA) is 50.8 Å². The molecular weight excluding hydrogens is 256 g/mol. The third kappa shape index (κ3) is 3.22. The van der Waals surface area contributed by atoms with Gasteiger partial charge in [-0.2, -0.15) is 0 Å². The molecular formula is C15H22N2O3. The molecule has 1 aromatic carbocycles. The SMILES string of the molecule is CC(NC(C)c1ccc2c(c1)OCCO2)C(=O)N(C)C. The highest BCUT2D eigenvalue weighted by atomic mass is 16.6. The number of carbonyl (C=O) groups is 1. The summed E-state index contributed by atoms with van der Waals surface area (Å²) in [5.74, 6) is 1.62. The number of amides is 1. The lowest BCUT2D eigenvalue weighted by Gasteiger charge is -2.24. The van der Waals surface area contributed by atoms with Gasteiger partial charge in [0.1, 0.15) is 13.2 Å². The summed E-state index contributed by atoms with van der Waals surface area (Å²) in [5, 5.41) is 3.30. The number of nitrogens with zero attached hydrogens (tertiary/aromatic N) is 1. The standard InChI is InChI=1S/C15H22N2O3/c1-10(16-11(2)15(18)17(3)4)12-5-6-13-14(9-12)20-8-7-19-13/h5-6,9-11,16H,7-8H2,1-4H3. The number of fused-ring (bicyclic) bond motifs is 1. The van der Waals surface area contributed by atoms with E-state index in [9.17, 15) is 4.79 Å². The van der Waals surface area contributed by atoms with Gasteiger partial charge in [-0.25, -0.2) is 0 Å². The van der Waals surface area contributed by atoms with Gasteiger partial charge in [-0.05, 0) is 31.5 Å². The molecule has 0 saturated carbocycles. The van der Waals surface area contributed by atoms with Crippen LogP contribution in [0.15, 0.2) is 18.2 Å². The van der Waals surface area contributed by atoms with Gasteiger partial charge in [-0.15, -0.1) is 0 Å². The van der Waals surface area contributed by atoms with Crippen molar-refractivity contribution in [1.82, 2.24) is 10.2 Å². The van der Waals surface area contributed by atoms with Crippen LogP contribution in [0.4, 0.5) is 0 Å². The average molecular weight is 278 g/mol. The summed E-state index contributed by atoms with van der Waals surface area (Å²) in [7, 11) is 3.52. The number of likely N-dealkylation sites (N-methyl/N-ethyl adjacent to an activating group) is 1. The minimum atomic E-state index is -0.229. The van der Waals surface area contributed by atoms with Crippen LogP contribution in [0, 0.1) is 0 Å². The molecule has 1 heterocycles. The van der Waals surface area contributed by atoms with Crippen LogP contribution in [0.5, 0.6) is 11.5 Å². The maximum absolute atomic E-state index is 11.9. The second-order valence-corrected chi connectivity index (χ2v) is 5.25. The number of hydrogen-bond donors (Lipinski definition) is 1. The van der Waals surface area contributed by atoms with Crippen molar-refractivity contribution in [3.05, 3.63) is 23.8 Å². The van der Waals surface area contributed by atoms with Crippen LogP contribution in [0.2, 0.25) is 0 Å². The molecule has 1 aliphatic rings. The molecule has 110 valence electrons. The molecule has 5 nitrogen and oxygen atoms in total. The minimum Gasteiger partial charge on any atom is -0.486 e. The van der Waals surface area contributed by atoms with Crippen LogP contribution in [-0.2, 0) is 4.79 Å². The summed E-state index contributed by atoms with van der Waals surface area (Å²) in [5.41, 5.74) is 1.08. The van der Waals surface area contributed by atoms with Crippen molar-refractivity contribution in [3.8, 4) is 11.5 Å². The predicted molar refractivity (Wildman–Crippen MR) is 77.1 cm³/mol. The Labute approximate surface area is 119 Å². The number of ether oxygens (including phenoxy) is 2. The van der Waals surface area contributed by atoms with E-state index in [4.69, 9.17) is 9.47 Å². The molecule has 0 aliphatic carbocycles. The van der Waals surface area contributed by atoms with Gasteiger partial charge in [-0.3, -0.25) is 10.1 Å². The van der Waals surface area contributed by atoms with E-state index in [0.29, 0.717) is 13.2 Å². The zero-order valence-electron chi connectivity index (χ0n) is 12.5. The number of nitrogens with one attached hydrogen (secondary N) is 1. The maximum atomic E-state index is 11.9. The van der Waals surface area contributed by atoms with Gasteiger partial charge in [0, 0.05) is 20.1 Å². The molecule has 5 heteroatoms. The summed E-state index contributed by atoms with van der Waals surface area (Å²) in [4.78, 5) is 13.5. The molecule has 2 atom stereocenters. The highest BCUT2D eigenvalue weighted by Gasteiger charge is 2.19. The fourth-order valence-electron chi connectivity index (χ4n) is 2.26. The molecule has 20 heavy (non-hydrogen) atoms. The molecule has 2 rings (SSSR count). The summed E-state index contributed by atoms with van der Waals surface area (Å²) in [6, 6.07) is 5.72. The van der Waals surface area contributed by atoms with Gasteiger partial charge in [-0.1, -0.05) is 6.07 Å². The quantitative estimate of drug-likeness (QED) is 0.908. The van der Waals surface area contributed by atoms with Crippen molar-refractivity contribution in [2.24, 2.45) is 0 Å². The van der Waals surface area contributed by atoms with Crippen molar-refractivity contribution >= 4 is 5.91 Å². The number of carbonyl (C=O) groups excluding carboxylic acids is 1. The number of hydrogen-bond acceptors (Lipinski definition) is 4. The summed E-state index contributed by atoms with van der Waals surface area (Å²) in [6.45, 7) is 5.07. The van der Waals surface area contributed by atoms with Gasteiger partial charge in [0.05, 0.1) is 6.04 Å². The molecule has 0 saturated heterocycles. The normalized spacial score (nSPS) is 16.4. The Kier molecular flexibility index (Phi) is 4.49. The molecule has 0 aromatic heterocycles. The second kappa shape index (κ2) is 6.13. The number of rotatable bonds is 4. The van der Waals surface area contributed by atoms with Crippen LogP contribution in [0.25, 0.3) is 0 Å². The molecule has 1 N–H and O–H groups in total. The Hall–Kier alpha value is -1.75. The lowest BCUT2D eigenvalue weighted by Crippen LogP contribution is -2.42. The van der Waals surface area contributed by atoms with Gasteiger partial charge in [0.25, 0.3) is 0 Å². The van der Waals surface area contributed by atoms with Crippen molar-refractivity contribution in [3.63, 3.8) is 0 Å². The first kappa shape index (κ1) is 14.7. The van der Waals surface area contributed by atoms with Crippen LogP contribution >= 0.6 is 0 Å². The first-order valence-corrected chi connectivity index (χ1v) is 6.86. The maximum Gasteiger partial charge on any atom is 0.238 e. The summed E-state index contributed by atoms with van der Waals surface area (Å²) in [6.07, 6.45) is 0. The van der Waals surface area contributed by atoms with Crippen molar-refractivity contribution in [2.45, 2.75) is 25.9 Å². The van der Waals surface area contributed by atoms with Crippen LogP contribution in [0.3, 0.4) is 0 Å². The Morgan fingerprint density at radius 3 is 2.50 bits per heavy atom. The predicted octanol–water partition coefficient (Wildman–Crippen LogP) is 1.59. The lowest BCUT2D eigenvalue weighted by molar-refractivity contribution is -0.130. The van der Waals surface area contributed by atoms with E-state index in [1.165, 1.54) is 0 Å². The highest BCUT2D eigenvalue weighted by molar-refractivity contribution is 5.80. The molecule has 0 fully saturated rings. The molecule has 0 radical (unpaired) electrons. The van der Waals surface area contributed by atoms with Crippen LogP contribution in [0.1, 0.15) is 25.5 Å². The van der Waals surface area contributed by atoms with Gasteiger partial charge >= 0.3 is 0 Å². The van der Waals surface area contributed by atoms with Gasteiger partial charge < -0.3 is 14.4 Å². The molecule has 2 unspecified atom stereocenters. The van der Waals surface area contributed by atoms with E-state index in [0.717, 1.165) is 17.1 Å². The fraction of sp³-hybridized carbons (Fsp3) is 0.533. The van der Waals surface area contributed by atoms with Crippen molar-refractivity contribution in [1.29, 1.82) is 0 Å². The third-order valence-electron chi connectivity index (χ3n) is 3.38. The molecule has 1 aromatic rings. The number of benzene rings is 1. The van der Waals surface area contributed by atoms with Crippen molar-refractivity contribution in [2.75, 3.05) is 27.3 Å². The van der Waals surface area contributed by atoms with E-state index in [2.05, 4.69) is 5.32 Å². The van der Waals surface area contributed by atoms with Crippen LogP contribution < -0.4 is 14.8 Å². The largest absolute Gasteiger partial charge is 0.486 e.